The third-order valence-corrected chi connectivity index (χ3v) is 4.15. The number of para-hydroxylation sites is 1. The van der Waals surface area contributed by atoms with Crippen LogP contribution in [0, 0.1) is 0 Å². The summed E-state index contributed by atoms with van der Waals surface area (Å²) in [6.45, 7) is 3.64. The predicted molar refractivity (Wildman–Crippen MR) is 104 cm³/mol. The number of amides is 1. The van der Waals surface area contributed by atoms with Gasteiger partial charge in [-0.3, -0.25) is 4.79 Å². The van der Waals surface area contributed by atoms with Gasteiger partial charge in [0.1, 0.15) is 10.9 Å². The molecule has 1 heterocycles. The van der Waals surface area contributed by atoms with Gasteiger partial charge in [0.25, 0.3) is 5.91 Å². The Kier molecular flexibility index (Phi) is 5.59. The Bertz CT molecular complexity index is 961. The van der Waals surface area contributed by atoms with Crippen LogP contribution in [-0.2, 0) is 4.79 Å². The second kappa shape index (κ2) is 7.89. The molecule has 3 rings (SSSR count). The van der Waals surface area contributed by atoms with Gasteiger partial charge in [-0.25, -0.2) is 9.97 Å². The molecule has 0 bridgehead atoms. The molecular weight excluding hydrogens is 373 g/mol. The first-order chi connectivity index (χ1) is 12.4. The highest BCUT2D eigenvalue weighted by Gasteiger charge is 2.12. The fourth-order valence-corrected chi connectivity index (χ4v) is 2.84. The summed E-state index contributed by atoms with van der Waals surface area (Å²) in [4.78, 5) is 20.7. The van der Waals surface area contributed by atoms with Crippen molar-refractivity contribution in [3.05, 3.63) is 52.6 Å². The van der Waals surface area contributed by atoms with Crippen LogP contribution in [0.3, 0.4) is 0 Å². The number of aromatic nitrogens is 2. The van der Waals surface area contributed by atoms with Crippen molar-refractivity contribution >= 4 is 40.0 Å². The molecule has 0 fully saturated rings. The number of carbonyl (C=O) groups excluding carboxylic acids is 1. The molecule has 0 unspecified atom stereocenters. The number of nitrogens with zero attached hydrogens (tertiary/aromatic N) is 2. The molecule has 0 spiro atoms. The number of hydrogen-bond donors (Lipinski definition) is 1. The molecule has 1 amide bonds. The van der Waals surface area contributed by atoms with Crippen molar-refractivity contribution in [2.24, 2.45) is 0 Å². The molecule has 0 aliphatic rings. The average molecular weight is 390 g/mol. The largest absolute Gasteiger partial charge is 0.482 e. The van der Waals surface area contributed by atoms with Crippen LogP contribution in [-0.4, -0.2) is 28.5 Å². The van der Waals surface area contributed by atoms with Crippen LogP contribution < -0.4 is 10.1 Å². The monoisotopic (exact) mass is 389 g/mol. The summed E-state index contributed by atoms with van der Waals surface area (Å²) in [7, 11) is 0. The Balaban J connectivity index is 1.89. The molecule has 0 saturated heterocycles. The normalized spacial score (nSPS) is 11.0. The number of fused-ring (bicyclic) bond motifs is 1. The molecule has 5 nitrogen and oxygen atoms in total. The summed E-state index contributed by atoms with van der Waals surface area (Å²) in [6.07, 6.45) is 0. The lowest BCUT2D eigenvalue weighted by molar-refractivity contribution is -0.123. The van der Waals surface area contributed by atoms with Gasteiger partial charge in [0.15, 0.2) is 12.4 Å². The zero-order chi connectivity index (χ0) is 18.7. The lowest BCUT2D eigenvalue weighted by Gasteiger charge is -2.12. The van der Waals surface area contributed by atoms with E-state index >= 15 is 0 Å². The smallest absolute Gasteiger partial charge is 0.258 e. The summed E-state index contributed by atoms with van der Waals surface area (Å²) in [6, 6.07) is 12.7. The second-order valence-corrected chi connectivity index (χ2v) is 6.78. The fraction of sp³-hybridized carbons (Fsp3) is 0.211. The molecule has 3 aromatic rings. The van der Waals surface area contributed by atoms with Crippen molar-refractivity contribution in [1.29, 1.82) is 0 Å². The van der Waals surface area contributed by atoms with Crippen molar-refractivity contribution in [2.45, 2.75) is 19.9 Å². The van der Waals surface area contributed by atoms with Gasteiger partial charge in [-0.15, -0.1) is 0 Å². The van der Waals surface area contributed by atoms with Crippen LogP contribution in [0.4, 0.5) is 0 Å². The molecule has 1 N–H and O–H groups in total. The van der Waals surface area contributed by atoms with E-state index in [0.717, 1.165) is 10.9 Å². The molecule has 26 heavy (non-hydrogen) atoms. The molecule has 2 aromatic carbocycles. The molecule has 0 aliphatic heterocycles. The Morgan fingerprint density at radius 3 is 2.69 bits per heavy atom. The molecular formula is C19H17Cl2N3O2. The first-order valence-electron chi connectivity index (χ1n) is 8.08. The van der Waals surface area contributed by atoms with Gasteiger partial charge in [-0.1, -0.05) is 35.3 Å². The van der Waals surface area contributed by atoms with Crippen LogP contribution in [0.15, 0.2) is 42.5 Å². The minimum Gasteiger partial charge on any atom is -0.482 e. The first kappa shape index (κ1) is 18.4. The topological polar surface area (TPSA) is 64.1 Å². The number of hydrogen-bond acceptors (Lipinski definition) is 4. The second-order valence-electron chi connectivity index (χ2n) is 6.01. The number of ether oxygens (including phenoxy) is 1. The molecule has 0 saturated carbocycles. The van der Waals surface area contributed by atoms with Gasteiger partial charge in [-0.2, -0.15) is 0 Å². The van der Waals surface area contributed by atoms with Gasteiger partial charge < -0.3 is 10.1 Å². The van der Waals surface area contributed by atoms with Crippen LogP contribution in [0.1, 0.15) is 13.8 Å². The summed E-state index contributed by atoms with van der Waals surface area (Å²) >= 11 is 12.4. The highest BCUT2D eigenvalue weighted by molar-refractivity contribution is 6.34. The summed E-state index contributed by atoms with van der Waals surface area (Å²) in [5.41, 5.74) is 1.44. The van der Waals surface area contributed by atoms with Crippen molar-refractivity contribution in [1.82, 2.24) is 15.3 Å². The van der Waals surface area contributed by atoms with Crippen LogP contribution in [0.25, 0.3) is 22.3 Å². The molecule has 134 valence electrons. The Labute approximate surface area is 161 Å². The van der Waals surface area contributed by atoms with Gasteiger partial charge in [-0.05, 0) is 44.2 Å². The minimum absolute atomic E-state index is 0.0426. The van der Waals surface area contributed by atoms with Crippen LogP contribution in [0.5, 0.6) is 5.75 Å². The van der Waals surface area contributed by atoms with E-state index < -0.39 is 0 Å². The van der Waals surface area contributed by atoms with Gasteiger partial charge >= 0.3 is 0 Å². The summed E-state index contributed by atoms with van der Waals surface area (Å²) < 4.78 is 5.55. The molecule has 0 aliphatic carbocycles. The van der Waals surface area contributed by atoms with Crippen molar-refractivity contribution in [3.8, 4) is 17.1 Å². The highest BCUT2D eigenvalue weighted by atomic mass is 35.5. The molecule has 7 heteroatoms. The van der Waals surface area contributed by atoms with Crippen molar-refractivity contribution < 1.29 is 9.53 Å². The van der Waals surface area contributed by atoms with Gasteiger partial charge in [0.05, 0.1) is 10.5 Å². The van der Waals surface area contributed by atoms with Crippen LogP contribution >= 0.6 is 23.2 Å². The van der Waals surface area contributed by atoms with Crippen molar-refractivity contribution in [3.63, 3.8) is 0 Å². The van der Waals surface area contributed by atoms with E-state index in [4.69, 9.17) is 27.9 Å². The quantitative estimate of drug-likeness (QED) is 0.652. The summed E-state index contributed by atoms with van der Waals surface area (Å²) in [5.74, 6) is 0.629. The van der Waals surface area contributed by atoms with E-state index in [-0.39, 0.29) is 18.6 Å². The SMILES string of the molecule is CC(C)NC(=O)COc1cc(-c2nc(Cl)c3ccccc3n2)ccc1Cl. The molecule has 0 radical (unpaired) electrons. The third kappa shape index (κ3) is 4.23. The average Bonchev–Trinajstić information content (AvgIpc) is 2.60. The van der Waals surface area contributed by atoms with Crippen molar-refractivity contribution in [2.75, 3.05) is 6.61 Å². The lowest BCUT2D eigenvalue weighted by Crippen LogP contribution is -2.34. The molecule has 1 aromatic heterocycles. The number of benzene rings is 2. The zero-order valence-electron chi connectivity index (χ0n) is 14.3. The predicted octanol–water partition coefficient (Wildman–Crippen LogP) is 4.51. The Morgan fingerprint density at radius 2 is 1.92 bits per heavy atom. The number of rotatable bonds is 5. The van der Waals surface area contributed by atoms with E-state index in [0.29, 0.717) is 27.3 Å². The maximum atomic E-state index is 11.8. The molecule has 0 atom stereocenters. The number of carbonyl (C=O) groups is 1. The summed E-state index contributed by atoms with van der Waals surface area (Å²) in [5, 5.41) is 4.32. The van der Waals surface area contributed by atoms with Gasteiger partial charge in [0, 0.05) is 17.0 Å². The first-order valence-corrected chi connectivity index (χ1v) is 8.84. The zero-order valence-corrected chi connectivity index (χ0v) is 15.8. The number of nitrogens with one attached hydrogen (secondary N) is 1. The standard InChI is InChI=1S/C19H17Cl2N3O2/c1-11(2)22-17(25)10-26-16-9-12(7-8-14(16)20)19-23-15-6-4-3-5-13(15)18(21)24-19/h3-9,11H,10H2,1-2H3,(H,22,25). The van der Waals surface area contributed by atoms with E-state index in [1.54, 1.807) is 18.2 Å². The van der Waals surface area contributed by atoms with E-state index in [9.17, 15) is 4.79 Å². The maximum Gasteiger partial charge on any atom is 0.258 e. The van der Waals surface area contributed by atoms with E-state index in [2.05, 4.69) is 15.3 Å². The lowest BCUT2D eigenvalue weighted by atomic mass is 10.2. The maximum absolute atomic E-state index is 11.8. The number of halogens is 2. The highest BCUT2D eigenvalue weighted by Crippen LogP contribution is 2.31. The van der Waals surface area contributed by atoms with Crippen LogP contribution in [0.2, 0.25) is 10.2 Å². The van der Waals surface area contributed by atoms with Gasteiger partial charge in [0.2, 0.25) is 0 Å². The van der Waals surface area contributed by atoms with E-state index in [1.807, 2.05) is 38.1 Å². The minimum atomic E-state index is -0.216. The Morgan fingerprint density at radius 1 is 1.15 bits per heavy atom. The Hall–Kier alpha value is -2.37. The van der Waals surface area contributed by atoms with E-state index in [1.165, 1.54) is 0 Å². The fourth-order valence-electron chi connectivity index (χ4n) is 2.43. The third-order valence-electron chi connectivity index (χ3n) is 3.55.